The molecule has 2 aliphatic heterocycles. The molecular formula is C26H36N4O7. The first-order chi connectivity index (χ1) is 17.3. The van der Waals surface area contributed by atoms with Crippen molar-refractivity contribution in [3.05, 3.63) is 35.9 Å². The molecule has 3 rings (SSSR count). The lowest BCUT2D eigenvalue weighted by Gasteiger charge is -2.42. The zero-order valence-electron chi connectivity index (χ0n) is 21.6. The van der Waals surface area contributed by atoms with Crippen LogP contribution >= 0.6 is 0 Å². The number of carboxylic acids is 1. The molecule has 2 unspecified atom stereocenters. The van der Waals surface area contributed by atoms with E-state index in [-0.39, 0.29) is 31.8 Å². The van der Waals surface area contributed by atoms with Gasteiger partial charge in [0.15, 0.2) is 0 Å². The van der Waals surface area contributed by atoms with E-state index in [0.717, 1.165) is 0 Å². The van der Waals surface area contributed by atoms with Crippen LogP contribution in [0.2, 0.25) is 0 Å². The summed E-state index contributed by atoms with van der Waals surface area (Å²) in [5, 5.41) is 12.0. The summed E-state index contributed by atoms with van der Waals surface area (Å²) in [4.78, 5) is 65.7. The smallest absolute Gasteiger partial charge is 0.410 e. The van der Waals surface area contributed by atoms with E-state index in [1.54, 1.807) is 49.9 Å². The lowest BCUT2D eigenvalue weighted by atomic mass is 9.71. The molecule has 2 heterocycles. The predicted molar refractivity (Wildman–Crippen MR) is 133 cm³/mol. The number of primary amides is 1. The molecule has 2 saturated heterocycles. The summed E-state index contributed by atoms with van der Waals surface area (Å²) in [6.07, 6.45) is 0.668. The van der Waals surface area contributed by atoms with Crippen molar-refractivity contribution >= 4 is 29.8 Å². The van der Waals surface area contributed by atoms with Gasteiger partial charge in [-0.3, -0.25) is 19.3 Å². The summed E-state index contributed by atoms with van der Waals surface area (Å²) >= 11 is 0. The molecule has 1 aromatic rings. The first-order valence-corrected chi connectivity index (χ1v) is 12.5. The highest BCUT2D eigenvalue weighted by atomic mass is 16.6. The number of hydrogen-bond acceptors (Lipinski definition) is 6. The Hall–Kier alpha value is -3.63. The number of nitrogens with one attached hydrogen (secondary N) is 1. The number of hydrogen-bond donors (Lipinski definition) is 3. The maximum absolute atomic E-state index is 13.5. The Balaban J connectivity index is 1.77. The third-order valence-corrected chi connectivity index (χ3v) is 6.86. The third-order valence-electron chi connectivity index (χ3n) is 6.86. The van der Waals surface area contributed by atoms with Crippen molar-refractivity contribution in [2.45, 2.75) is 76.0 Å². The Labute approximate surface area is 216 Å². The minimum Gasteiger partial charge on any atom is -0.480 e. The predicted octanol–water partition coefficient (Wildman–Crippen LogP) is 1.39. The van der Waals surface area contributed by atoms with E-state index >= 15 is 0 Å². The average molecular weight is 517 g/mol. The third kappa shape index (κ3) is 6.58. The number of nitrogens with two attached hydrogens (primary N) is 1. The lowest BCUT2D eigenvalue weighted by Crippen LogP contribution is -2.58. The zero-order valence-corrected chi connectivity index (χ0v) is 21.6. The quantitative estimate of drug-likeness (QED) is 0.494. The second kappa shape index (κ2) is 11.2. The van der Waals surface area contributed by atoms with Crippen LogP contribution in [0.3, 0.4) is 0 Å². The Bertz CT molecular complexity index is 1030. The summed E-state index contributed by atoms with van der Waals surface area (Å²) in [5.41, 5.74) is 4.10. The highest BCUT2D eigenvalue weighted by Crippen LogP contribution is 2.37. The maximum atomic E-state index is 13.5. The van der Waals surface area contributed by atoms with Gasteiger partial charge in [0, 0.05) is 19.6 Å². The Morgan fingerprint density at radius 3 is 2.27 bits per heavy atom. The van der Waals surface area contributed by atoms with Crippen molar-refractivity contribution in [3.63, 3.8) is 0 Å². The van der Waals surface area contributed by atoms with E-state index in [2.05, 4.69) is 5.32 Å². The summed E-state index contributed by atoms with van der Waals surface area (Å²) in [6, 6.07) is 6.90. The second-order valence-electron chi connectivity index (χ2n) is 10.6. The molecule has 0 spiro atoms. The van der Waals surface area contributed by atoms with E-state index in [0.29, 0.717) is 24.9 Å². The molecule has 2 atom stereocenters. The van der Waals surface area contributed by atoms with Crippen LogP contribution in [0.15, 0.2) is 30.3 Å². The van der Waals surface area contributed by atoms with Crippen molar-refractivity contribution in [1.29, 1.82) is 0 Å². The van der Waals surface area contributed by atoms with Crippen LogP contribution in [0.4, 0.5) is 4.79 Å². The SMILES string of the molecule is CC(C)(C)OC(=O)N1CCCC1C(=O)N1CCC(C(=O)NC(CC(N)=O)C(=O)O)(c2ccccc2)CC1. The van der Waals surface area contributed by atoms with Gasteiger partial charge in [0.2, 0.25) is 17.7 Å². The fourth-order valence-electron chi connectivity index (χ4n) is 4.98. The van der Waals surface area contributed by atoms with Crippen molar-refractivity contribution in [3.8, 4) is 0 Å². The number of ether oxygens (including phenoxy) is 1. The number of nitrogens with zero attached hydrogens (tertiary/aromatic N) is 2. The standard InChI is InChI=1S/C26H36N4O7/c1-25(2,3)37-24(36)30-13-7-10-19(30)21(32)29-14-11-26(12-15-29,17-8-5-4-6-9-17)23(35)28-18(22(33)34)16-20(27)31/h4-6,8-9,18-19H,7,10-16H2,1-3H3,(H2,27,31)(H,28,35)(H,33,34). The van der Waals surface area contributed by atoms with E-state index in [1.165, 1.54) is 4.90 Å². The number of carbonyl (C=O) groups excluding carboxylic acids is 4. The molecule has 0 radical (unpaired) electrons. The van der Waals surface area contributed by atoms with Crippen LogP contribution in [-0.2, 0) is 29.3 Å². The molecule has 2 aliphatic rings. The van der Waals surface area contributed by atoms with Gasteiger partial charge in [0.25, 0.3) is 0 Å². The minimum atomic E-state index is -1.45. The molecule has 37 heavy (non-hydrogen) atoms. The van der Waals surface area contributed by atoms with E-state index in [1.807, 2.05) is 6.07 Å². The van der Waals surface area contributed by atoms with Crippen molar-refractivity contribution < 1.29 is 33.8 Å². The molecule has 11 nitrogen and oxygen atoms in total. The van der Waals surface area contributed by atoms with Gasteiger partial charge in [-0.25, -0.2) is 9.59 Å². The summed E-state index contributed by atoms with van der Waals surface area (Å²) in [5.74, 6) is -2.92. The fourth-order valence-corrected chi connectivity index (χ4v) is 4.98. The van der Waals surface area contributed by atoms with Crippen LogP contribution in [0, 0.1) is 0 Å². The summed E-state index contributed by atoms with van der Waals surface area (Å²) in [6.45, 7) is 6.24. The molecule has 4 N–H and O–H groups in total. The molecule has 0 aliphatic carbocycles. The van der Waals surface area contributed by atoms with Gasteiger partial charge >= 0.3 is 12.1 Å². The number of aliphatic carboxylic acids is 1. The highest BCUT2D eigenvalue weighted by molar-refractivity contribution is 5.94. The Kier molecular flexibility index (Phi) is 8.45. The minimum absolute atomic E-state index is 0.192. The van der Waals surface area contributed by atoms with E-state index in [9.17, 15) is 29.1 Å². The van der Waals surface area contributed by atoms with Gasteiger partial charge in [-0.2, -0.15) is 0 Å². The van der Waals surface area contributed by atoms with Gasteiger partial charge in [0.1, 0.15) is 17.7 Å². The first-order valence-electron chi connectivity index (χ1n) is 12.5. The van der Waals surface area contributed by atoms with Crippen molar-refractivity contribution in [2.75, 3.05) is 19.6 Å². The molecule has 4 amide bonds. The monoisotopic (exact) mass is 516 g/mol. The van der Waals surface area contributed by atoms with Crippen LogP contribution in [-0.4, -0.2) is 82.0 Å². The van der Waals surface area contributed by atoms with Crippen molar-refractivity contribution in [2.24, 2.45) is 5.73 Å². The van der Waals surface area contributed by atoms with Gasteiger partial charge in [-0.15, -0.1) is 0 Å². The molecule has 0 aromatic heterocycles. The largest absolute Gasteiger partial charge is 0.480 e. The number of carbonyl (C=O) groups is 5. The number of benzene rings is 1. The number of amides is 4. The molecule has 1 aromatic carbocycles. The number of likely N-dealkylation sites (tertiary alicyclic amines) is 2. The second-order valence-corrected chi connectivity index (χ2v) is 10.6. The number of carboxylic acid groups (broad SMARTS) is 1. The molecule has 2 fully saturated rings. The Morgan fingerprint density at radius 1 is 1.11 bits per heavy atom. The van der Waals surface area contributed by atoms with Gasteiger partial charge < -0.3 is 25.8 Å². The highest BCUT2D eigenvalue weighted by Gasteiger charge is 2.47. The van der Waals surface area contributed by atoms with Crippen molar-refractivity contribution in [1.82, 2.24) is 15.1 Å². The fraction of sp³-hybridized carbons (Fsp3) is 0.577. The maximum Gasteiger partial charge on any atom is 0.410 e. The summed E-state index contributed by atoms with van der Waals surface area (Å²) in [7, 11) is 0. The number of rotatable bonds is 7. The van der Waals surface area contributed by atoms with E-state index in [4.69, 9.17) is 10.5 Å². The normalized spacial score (nSPS) is 20.1. The number of piperidine rings is 1. The molecule has 0 bridgehead atoms. The lowest BCUT2D eigenvalue weighted by molar-refractivity contribution is -0.145. The molecular weight excluding hydrogens is 480 g/mol. The molecule has 0 saturated carbocycles. The Morgan fingerprint density at radius 2 is 1.73 bits per heavy atom. The van der Waals surface area contributed by atoms with Gasteiger partial charge in [-0.05, 0) is 52.0 Å². The van der Waals surface area contributed by atoms with Crippen LogP contribution in [0.5, 0.6) is 0 Å². The zero-order chi connectivity index (χ0) is 27.4. The van der Waals surface area contributed by atoms with Crippen LogP contribution in [0.1, 0.15) is 58.4 Å². The van der Waals surface area contributed by atoms with Gasteiger partial charge in [-0.1, -0.05) is 30.3 Å². The topological polar surface area (TPSA) is 159 Å². The average Bonchev–Trinajstić information content (AvgIpc) is 3.32. The van der Waals surface area contributed by atoms with Crippen LogP contribution < -0.4 is 11.1 Å². The van der Waals surface area contributed by atoms with Crippen LogP contribution in [0.25, 0.3) is 0 Å². The molecule has 202 valence electrons. The van der Waals surface area contributed by atoms with E-state index < -0.39 is 53.4 Å². The first kappa shape index (κ1) is 27.9. The molecule has 11 heteroatoms. The van der Waals surface area contributed by atoms with Gasteiger partial charge in [0.05, 0.1) is 11.8 Å². The summed E-state index contributed by atoms with van der Waals surface area (Å²) < 4.78 is 5.48.